The lowest BCUT2D eigenvalue weighted by Gasteiger charge is -2.32. The lowest BCUT2D eigenvalue weighted by Crippen LogP contribution is -2.53. The lowest BCUT2D eigenvalue weighted by molar-refractivity contribution is -0.376. The highest BCUT2D eigenvalue weighted by atomic mass is 35.5. The largest absolute Gasteiger partial charge is 0.497 e. The van der Waals surface area contributed by atoms with Gasteiger partial charge in [-0.05, 0) is 59.5 Å². The monoisotopic (exact) mass is 686 g/mol. The van der Waals surface area contributed by atoms with Crippen LogP contribution < -0.4 is 9.46 Å². The highest BCUT2D eigenvalue weighted by molar-refractivity contribution is 7.89. The molecular formula is C30H21ClF6N2O4S2. The van der Waals surface area contributed by atoms with Gasteiger partial charge in [0.05, 0.1) is 23.7 Å². The summed E-state index contributed by atoms with van der Waals surface area (Å²) >= 11 is 7.52. The van der Waals surface area contributed by atoms with Crippen molar-refractivity contribution in [1.82, 2.24) is 9.71 Å². The van der Waals surface area contributed by atoms with Crippen molar-refractivity contribution in [2.75, 3.05) is 7.11 Å². The van der Waals surface area contributed by atoms with E-state index in [9.17, 15) is 39.9 Å². The Labute approximate surface area is 261 Å². The van der Waals surface area contributed by atoms with Crippen LogP contribution in [0.1, 0.15) is 22.0 Å². The Morgan fingerprint density at radius 1 is 0.911 bits per heavy atom. The molecule has 0 spiro atoms. The first-order chi connectivity index (χ1) is 21.1. The predicted molar refractivity (Wildman–Crippen MR) is 158 cm³/mol. The van der Waals surface area contributed by atoms with Crippen molar-refractivity contribution in [3.05, 3.63) is 112 Å². The molecule has 5 rings (SSSR count). The molecular weight excluding hydrogens is 666 g/mol. The number of fused-ring (bicyclic) bond motifs is 1. The maximum Gasteiger partial charge on any atom is 0.430 e. The minimum absolute atomic E-state index is 0.0648. The number of benzene rings is 3. The summed E-state index contributed by atoms with van der Waals surface area (Å²) in [4.78, 5) is 4.35. The molecule has 1 atom stereocenters. The zero-order valence-corrected chi connectivity index (χ0v) is 25.2. The van der Waals surface area contributed by atoms with Gasteiger partial charge in [-0.3, -0.25) is 4.98 Å². The third kappa shape index (κ3) is 6.12. The minimum atomic E-state index is -6.07. The molecule has 236 valence electrons. The van der Waals surface area contributed by atoms with Crippen LogP contribution in [0.3, 0.4) is 0 Å². The number of hydrogen-bond donors (Lipinski definition) is 2. The van der Waals surface area contributed by atoms with Crippen LogP contribution in [-0.4, -0.2) is 38.0 Å². The van der Waals surface area contributed by atoms with E-state index in [2.05, 4.69) is 9.71 Å². The van der Waals surface area contributed by atoms with Crippen LogP contribution in [0.4, 0.5) is 26.3 Å². The maximum atomic E-state index is 13.6. The molecule has 0 unspecified atom stereocenters. The van der Waals surface area contributed by atoms with Crippen LogP contribution in [0.25, 0.3) is 21.3 Å². The smallest absolute Gasteiger partial charge is 0.430 e. The summed E-state index contributed by atoms with van der Waals surface area (Å²) in [6.45, 7) is 0. The topological polar surface area (TPSA) is 88.5 Å². The molecule has 0 amide bonds. The maximum absolute atomic E-state index is 13.6. The van der Waals surface area contributed by atoms with Gasteiger partial charge in [0.1, 0.15) is 5.75 Å². The fourth-order valence-electron chi connectivity index (χ4n) is 4.68. The van der Waals surface area contributed by atoms with Gasteiger partial charge in [-0.25, -0.2) is 8.42 Å². The predicted octanol–water partition coefficient (Wildman–Crippen LogP) is 8.01. The number of aromatic nitrogens is 1. The Balaban J connectivity index is 1.63. The molecule has 0 aliphatic carbocycles. The molecule has 0 aliphatic rings. The van der Waals surface area contributed by atoms with Crippen molar-refractivity contribution in [2.45, 2.75) is 28.9 Å². The molecule has 2 N–H and O–H groups in total. The summed E-state index contributed by atoms with van der Waals surface area (Å²) in [5, 5.41) is 10.7. The van der Waals surface area contributed by atoms with Gasteiger partial charge in [0.25, 0.3) is 5.60 Å². The van der Waals surface area contributed by atoms with Gasteiger partial charge in [-0.1, -0.05) is 48.0 Å². The average molecular weight is 687 g/mol. The van der Waals surface area contributed by atoms with Gasteiger partial charge in [0.15, 0.2) is 0 Å². The van der Waals surface area contributed by atoms with E-state index in [0.29, 0.717) is 38.4 Å². The normalized spacial score (nSPS) is 13.6. The highest BCUT2D eigenvalue weighted by Crippen LogP contribution is 2.50. The molecule has 3 aromatic carbocycles. The van der Waals surface area contributed by atoms with Crippen LogP contribution in [0.5, 0.6) is 5.75 Å². The highest BCUT2D eigenvalue weighted by Gasteiger charge is 2.71. The number of ether oxygens (including phenoxy) is 1. The molecule has 6 nitrogen and oxygen atoms in total. The number of pyridine rings is 1. The van der Waals surface area contributed by atoms with E-state index in [1.165, 1.54) is 43.5 Å². The van der Waals surface area contributed by atoms with Crippen molar-refractivity contribution in [1.29, 1.82) is 0 Å². The molecule has 0 radical (unpaired) electrons. The van der Waals surface area contributed by atoms with E-state index in [4.69, 9.17) is 16.3 Å². The lowest BCUT2D eigenvalue weighted by atomic mass is 9.91. The van der Waals surface area contributed by atoms with E-state index in [-0.39, 0.29) is 21.2 Å². The second-order valence-corrected chi connectivity index (χ2v) is 13.0. The number of thiophene rings is 1. The number of nitrogens with zero attached hydrogens (tertiary/aromatic N) is 1. The standard InChI is InChI=1S/C30H21ClF6N2O4S2/c1-43-19-9-11-20(12-10-19)45(41,42)39-26(21-6-2-3-8-23(21)31)25-15-17-5-4-7-22(27(17)44-25)24-16-18(13-14-38-24)28(40,29(32,33)34)30(35,36)37/h2-16,26,39-40H,1H3/t26-/m1/s1. The van der Waals surface area contributed by atoms with Gasteiger partial charge in [0, 0.05) is 31.9 Å². The quantitative estimate of drug-likeness (QED) is 0.162. The Bertz CT molecular complexity index is 1950. The van der Waals surface area contributed by atoms with Crippen LogP contribution in [-0.2, 0) is 15.6 Å². The zero-order valence-electron chi connectivity index (χ0n) is 22.8. The third-order valence-corrected chi connectivity index (χ3v) is 10.0. The van der Waals surface area contributed by atoms with Gasteiger partial charge < -0.3 is 9.84 Å². The second kappa shape index (κ2) is 11.9. The first-order valence-corrected chi connectivity index (χ1v) is 15.5. The molecule has 0 fully saturated rings. The van der Waals surface area contributed by atoms with Gasteiger partial charge in [-0.2, -0.15) is 31.1 Å². The summed E-state index contributed by atoms with van der Waals surface area (Å²) in [5.41, 5.74) is -6.31. The molecule has 0 aliphatic heterocycles. The SMILES string of the molecule is COc1ccc(S(=O)(=O)N[C@@H](c2cc3cccc(-c4cc(C(O)(C(F)(F)F)C(F)(F)F)ccn4)c3s2)c2ccccc2Cl)cc1. The molecule has 0 bridgehead atoms. The van der Waals surface area contributed by atoms with E-state index in [0.717, 1.165) is 17.5 Å². The number of rotatable bonds is 8. The summed E-state index contributed by atoms with van der Waals surface area (Å²) in [6, 6.07) is 18.4. The minimum Gasteiger partial charge on any atom is -0.497 e. The van der Waals surface area contributed by atoms with Crippen LogP contribution in [0.15, 0.2) is 96.0 Å². The number of hydrogen-bond acceptors (Lipinski definition) is 6. The van der Waals surface area contributed by atoms with Crippen molar-refractivity contribution in [3.8, 4) is 17.0 Å². The number of aliphatic hydroxyl groups is 1. The van der Waals surface area contributed by atoms with Crippen LogP contribution in [0.2, 0.25) is 5.02 Å². The number of sulfonamides is 1. The third-order valence-electron chi connectivity index (χ3n) is 6.98. The zero-order chi connectivity index (χ0) is 32.8. The number of halogens is 7. The Hall–Kier alpha value is -3.69. The second-order valence-electron chi connectivity index (χ2n) is 9.76. The van der Waals surface area contributed by atoms with Gasteiger partial charge in [0.2, 0.25) is 10.0 Å². The van der Waals surface area contributed by atoms with E-state index >= 15 is 0 Å². The van der Waals surface area contributed by atoms with Gasteiger partial charge >= 0.3 is 12.4 Å². The van der Waals surface area contributed by atoms with Crippen LogP contribution in [0, 0.1) is 0 Å². The molecule has 2 aromatic heterocycles. The number of alkyl halides is 6. The molecule has 0 saturated carbocycles. The Morgan fingerprint density at radius 3 is 2.20 bits per heavy atom. The average Bonchev–Trinajstić information content (AvgIpc) is 3.43. The van der Waals surface area contributed by atoms with Gasteiger partial charge in [-0.15, -0.1) is 11.3 Å². The van der Waals surface area contributed by atoms with Crippen molar-refractivity contribution < 1.29 is 44.6 Å². The fourth-order valence-corrected chi connectivity index (χ4v) is 7.45. The van der Waals surface area contributed by atoms with Crippen LogP contribution >= 0.6 is 22.9 Å². The summed E-state index contributed by atoms with van der Waals surface area (Å²) < 4.78 is 117. The molecule has 5 aromatic rings. The number of methoxy groups -OCH3 is 1. The molecule has 2 heterocycles. The van der Waals surface area contributed by atoms with E-state index < -0.39 is 39.6 Å². The van der Waals surface area contributed by atoms with Crippen molar-refractivity contribution in [3.63, 3.8) is 0 Å². The summed E-state index contributed by atoms with van der Waals surface area (Å²) in [7, 11) is -2.72. The van der Waals surface area contributed by atoms with E-state index in [1.54, 1.807) is 36.4 Å². The first kappa shape index (κ1) is 32.7. The molecule has 0 saturated heterocycles. The molecule has 45 heavy (non-hydrogen) atoms. The number of nitrogens with one attached hydrogen (secondary N) is 1. The van der Waals surface area contributed by atoms with Crippen molar-refractivity contribution in [2.24, 2.45) is 0 Å². The Morgan fingerprint density at radius 2 is 1.58 bits per heavy atom. The first-order valence-electron chi connectivity index (χ1n) is 12.8. The summed E-state index contributed by atoms with van der Waals surface area (Å²) in [5.74, 6) is 0.440. The summed E-state index contributed by atoms with van der Waals surface area (Å²) in [6.07, 6.45) is -11.4. The van der Waals surface area contributed by atoms with Crippen molar-refractivity contribution >= 4 is 43.0 Å². The van der Waals surface area contributed by atoms with E-state index in [1.807, 2.05) is 0 Å². The fraction of sp³-hybridized carbons (Fsp3) is 0.167. The Kier molecular flexibility index (Phi) is 8.66. The molecule has 15 heteroatoms.